The van der Waals surface area contributed by atoms with Gasteiger partial charge in [0.2, 0.25) is 0 Å². The number of carbonyl (C=O) groups is 1. The van der Waals surface area contributed by atoms with E-state index in [0.717, 1.165) is 22.3 Å². The number of anilines is 1. The van der Waals surface area contributed by atoms with E-state index in [1.54, 1.807) is 11.3 Å². The van der Waals surface area contributed by atoms with E-state index in [1.807, 2.05) is 32.0 Å². The summed E-state index contributed by atoms with van der Waals surface area (Å²) in [5, 5.41) is 8.28. The van der Waals surface area contributed by atoms with Crippen molar-refractivity contribution >= 4 is 38.9 Å². The Bertz CT molecular complexity index is 610. The smallest absolute Gasteiger partial charge is 0.251 e. The number of thiophene rings is 1. The van der Waals surface area contributed by atoms with Gasteiger partial charge < -0.3 is 10.6 Å². The van der Waals surface area contributed by atoms with Crippen LogP contribution in [0, 0.1) is 6.92 Å². The second-order valence-electron chi connectivity index (χ2n) is 4.47. The lowest BCUT2D eigenvalue weighted by molar-refractivity contribution is 0.0956. The first kappa shape index (κ1) is 15.1. The van der Waals surface area contributed by atoms with Gasteiger partial charge in [-0.05, 0) is 59.6 Å². The standard InChI is InChI=1S/C15H17BrN2OS/c1-3-17-15(19)11-4-5-14(10(2)6-11)18-8-13-7-12(16)9-20-13/h4-7,9,18H,3,8H2,1-2H3,(H,17,19). The zero-order chi connectivity index (χ0) is 14.5. The average Bonchev–Trinajstić information content (AvgIpc) is 2.83. The Labute approximate surface area is 131 Å². The maximum Gasteiger partial charge on any atom is 0.251 e. The van der Waals surface area contributed by atoms with E-state index < -0.39 is 0 Å². The summed E-state index contributed by atoms with van der Waals surface area (Å²) in [6, 6.07) is 7.83. The minimum absolute atomic E-state index is 0.0238. The van der Waals surface area contributed by atoms with Crippen LogP contribution in [0.2, 0.25) is 0 Å². The molecule has 0 fully saturated rings. The Morgan fingerprint density at radius 3 is 2.75 bits per heavy atom. The highest BCUT2D eigenvalue weighted by molar-refractivity contribution is 9.10. The van der Waals surface area contributed by atoms with Crippen LogP contribution < -0.4 is 10.6 Å². The number of nitrogens with one attached hydrogen (secondary N) is 2. The van der Waals surface area contributed by atoms with Gasteiger partial charge in [0.25, 0.3) is 5.91 Å². The van der Waals surface area contributed by atoms with Crippen LogP contribution in [0.4, 0.5) is 5.69 Å². The molecule has 2 aromatic rings. The number of rotatable bonds is 5. The zero-order valence-electron chi connectivity index (χ0n) is 11.5. The largest absolute Gasteiger partial charge is 0.380 e. The van der Waals surface area contributed by atoms with Crippen LogP contribution in [0.1, 0.15) is 27.7 Å². The third-order valence-corrected chi connectivity index (χ3v) is 4.60. The minimum Gasteiger partial charge on any atom is -0.380 e. The molecule has 3 nitrogen and oxygen atoms in total. The monoisotopic (exact) mass is 352 g/mol. The van der Waals surface area contributed by atoms with Crippen molar-refractivity contribution in [1.82, 2.24) is 5.32 Å². The van der Waals surface area contributed by atoms with Crippen molar-refractivity contribution in [2.45, 2.75) is 20.4 Å². The normalized spacial score (nSPS) is 10.3. The lowest BCUT2D eigenvalue weighted by atomic mass is 10.1. The summed E-state index contributed by atoms with van der Waals surface area (Å²) >= 11 is 5.17. The maximum absolute atomic E-state index is 11.8. The molecule has 0 atom stereocenters. The fraction of sp³-hybridized carbons (Fsp3) is 0.267. The molecule has 0 aliphatic heterocycles. The van der Waals surface area contributed by atoms with E-state index >= 15 is 0 Å². The second-order valence-corrected chi connectivity index (χ2v) is 6.39. The van der Waals surface area contributed by atoms with Crippen molar-refractivity contribution in [2.75, 3.05) is 11.9 Å². The molecule has 0 spiro atoms. The quantitative estimate of drug-likeness (QED) is 0.847. The lowest BCUT2D eigenvalue weighted by Crippen LogP contribution is -2.22. The van der Waals surface area contributed by atoms with Gasteiger partial charge in [0, 0.05) is 39.1 Å². The van der Waals surface area contributed by atoms with Gasteiger partial charge in [-0.2, -0.15) is 0 Å². The summed E-state index contributed by atoms with van der Waals surface area (Å²) in [5.74, 6) is -0.0238. The summed E-state index contributed by atoms with van der Waals surface area (Å²) < 4.78 is 1.11. The van der Waals surface area contributed by atoms with Crippen LogP contribution >= 0.6 is 27.3 Å². The van der Waals surface area contributed by atoms with Crippen molar-refractivity contribution in [1.29, 1.82) is 0 Å². The number of halogens is 1. The number of carbonyl (C=O) groups excluding carboxylic acids is 1. The molecular weight excluding hydrogens is 336 g/mol. The molecule has 1 amide bonds. The predicted molar refractivity (Wildman–Crippen MR) is 88.5 cm³/mol. The van der Waals surface area contributed by atoms with Gasteiger partial charge in [0.15, 0.2) is 0 Å². The van der Waals surface area contributed by atoms with Crippen molar-refractivity contribution in [3.63, 3.8) is 0 Å². The molecule has 2 N–H and O–H groups in total. The Kier molecular flexibility index (Phi) is 5.20. The molecule has 20 heavy (non-hydrogen) atoms. The van der Waals surface area contributed by atoms with Crippen LogP contribution in [0.15, 0.2) is 34.1 Å². The van der Waals surface area contributed by atoms with Crippen LogP contribution in [0.25, 0.3) is 0 Å². The third kappa shape index (κ3) is 3.84. The van der Waals surface area contributed by atoms with Gasteiger partial charge in [-0.15, -0.1) is 11.3 Å². The summed E-state index contributed by atoms with van der Waals surface area (Å²) in [6.07, 6.45) is 0. The van der Waals surface area contributed by atoms with Crippen molar-refractivity contribution in [3.05, 3.63) is 50.1 Å². The SMILES string of the molecule is CCNC(=O)c1ccc(NCc2cc(Br)cs2)c(C)c1. The lowest BCUT2D eigenvalue weighted by Gasteiger charge is -2.10. The Morgan fingerprint density at radius 2 is 2.15 bits per heavy atom. The number of hydrogen-bond donors (Lipinski definition) is 2. The van der Waals surface area contributed by atoms with E-state index in [2.05, 4.69) is 38.0 Å². The third-order valence-electron chi connectivity index (χ3n) is 2.90. The number of benzene rings is 1. The molecule has 5 heteroatoms. The van der Waals surface area contributed by atoms with Crippen molar-refractivity contribution in [3.8, 4) is 0 Å². The van der Waals surface area contributed by atoms with E-state index in [-0.39, 0.29) is 5.91 Å². The van der Waals surface area contributed by atoms with Crippen LogP contribution in [0.3, 0.4) is 0 Å². The van der Waals surface area contributed by atoms with Gasteiger partial charge in [-0.3, -0.25) is 4.79 Å². The van der Waals surface area contributed by atoms with Crippen molar-refractivity contribution < 1.29 is 4.79 Å². The first-order valence-electron chi connectivity index (χ1n) is 6.45. The van der Waals surface area contributed by atoms with E-state index in [1.165, 1.54) is 4.88 Å². The molecule has 2 rings (SSSR count). The van der Waals surface area contributed by atoms with Crippen molar-refractivity contribution in [2.24, 2.45) is 0 Å². The molecule has 0 saturated heterocycles. The molecule has 106 valence electrons. The van der Waals surface area contributed by atoms with Gasteiger partial charge in [0.1, 0.15) is 0 Å². The van der Waals surface area contributed by atoms with Gasteiger partial charge in [0.05, 0.1) is 0 Å². The predicted octanol–water partition coefficient (Wildman–Crippen LogP) is 4.18. The van der Waals surface area contributed by atoms with Gasteiger partial charge in [-0.1, -0.05) is 0 Å². The summed E-state index contributed by atoms with van der Waals surface area (Å²) in [6.45, 7) is 5.36. The summed E-state index contributed by atoms with van der Waals surface area (Å²) in [5.41, 5.74) is 2.83. The molecule has 0 bridgehead atoms. The highest BCUT2D eigenvalue weighted by Gasteiger charge is 2.07. The Balaban J connectivity index is 2.04. The minimum atomic E-state index is -0.0238. The molecule has 1 aromatic carbocycles. The summed E-state index contributed by atoms with van der Waals surface area (Å²) in [4.78, 5) is 13.0. The molecule has 1 aromatic heterocycles. The molecule has 0 saturated carbocycles. The highest BCUT2D eigenvalue weighted by atomic mass is 79.9. The first-order valence-corrected chi connectivity index (χ1v) is 8.13. The maximum atomic E-state index is 11.8. The molecule has 0 aliphatic carbocycles. The highest BCUT2D eigenvalue weighted by Crippen LogP contribution is 2.22. The summed E-state index contributed by atoms with van der Waals surface area (Å²) in [7, 11) is 0. The van der Waals surface area contributed by atoms with Gasteiger partial charge in [-0.25, -0.2) is 0 Å². The molecule has 0 radical (unpaired) electrons. The van der Waals surface area contributed by atoms with E-state index in [9.17, 15) is 4.79 Å². The fourth-order valence-corrected chi connectivity index (χ4v) is 3.29. The number of hydrogen-bond acceptors (Lipinski definition) is 3. The second kappa shape index (κ2) is 6.90. The number of amides is 1. The van der Waals surface area contributed by atoms with Crippen LogP contribution in [-0.4, -0.2) is 12.5 Å². The molecule has 0 aliphatic rings. The van der Waals surface area contributed by atoms with Crippen LogP contribution in [-0.2, 0) is 6.54 Å². The number of aryl methyl sites for hydroxylation is 1. The first-order chi connectivity index (χ1) is 9.60. The van der Waals surface area contributed by atoms with Crippen LogP contribution in [0.5, 0.6) is 0 Å². The van der Waals surface area contributed by atoms with E-state index in [4.69, 9.17) is 0 Å². The molecule has 1 heterocycles. The van der Waals surface area contributed by atoms with E-state index in [0.29, 0.717) is 12.1 Å². The van der Waals surface area contributed by atoms with Gasteiger partial charge >= 0.3 is 0 Å². The average molecular weight is 353 g/mol. The topological polar surface area (TPSA) is 41.1 Å². The Morgan fingerprint density at radius 1 is 1.35 bits per heavy atom. The zero-order valence-corrected chi connectivity index (χ0v) is 13.9. The Hall–Kier alpha value is -1.33. The molecule has 0 unspecified atom stereocenters. The molecular formula is C15H17BrN2OS. The fourth-order valence-electron chi connectivity index (χ4n) is 1.89.